The van der Waals surface area contributed by atoms with Crippen molar-refractivity contribution < 1.29 is 32.2 Å². The molecule has 0 aliphatic carbocycles. The van der Waals surface area contributed by atoms with Crippen molar-refractivity contribution in [1.82, 2.24) is 5.43 Å². The summed E-state index contributed by atoms with van der Waals surface area (Å²) in [5.41, 5.74) is 2.83. The van der Waals surface area contributed by atoms with Crippen LogP contribution in [-0.4, -0.2) is 24.6 Å². The van der Waals surface area contributed by atoms with Crippen LogP contribution in [-0.2, 0) is 22.4 Å². The molecule has 0 radical (unpaired) electrons. The molecule has 2 amide bonds. The summed E-state index contributed by atoms with van der Waals surface area (Å²) < 4.78 is 50.7. The molecule has 0 saturated heterocycles. The van der Waals surface area contributed by atoms with Gasteiger partial charge in [-0.25, -0.2) is 5.43 Å². The van der Waals surface area contributed by atoms with Crippen molar-refractivity contribution in [2.75, 3.05) is 11.9 Å². The monoisotopic (exact) mass is 625 g/mol. The zero-order valence-electron chi connectivity index (χ0n) is 20.6. The van der Waals surface area contributed by atoms with Crippen molar-refractivity contribution in [3.63, 3.8) is 0 Å². The average molecular weight is 627 g/mol. The molecule has 0 aromatic heterocycles. The van der Waals surface area contributed by atoms with Crippen molar-refractivity contribution in [1.29, 1.82) is 0 Å². The number of nitrogens with one attached hydrogen (secondary N) is 2. The third-order valence-corrected chi connectivity index (χ3v) is 6.07. The highest BCUT2D eigenvalue weighted by atomic mass is 79.9. The van der Waals surface area contributed by atoms with Crippen molar-refractivity contribution in [3.05, 3.63) is 86.8 Å². The molecule has 2 N–H and O–H groups in total. The molecule has 0 saturated carbocycles. The number of hydrogen-bond acceptors (Lipinski definition) is 5. The molecule has 0 heterocycles. The second kappa shape index (κ2) is 14.0. The largest absolute Gasteiger partial charge is 0.490 e. The van der Waals surface area contributed by atoms with Crippen molar-refractivity contribution in [2.45, 2.75) is 32.5 Å². The predicted molar refractivity (Wildman–Crippen MR) is 146 cm³/mol. The molecular weight excluding hydrogens is 603 g/mol. The zero-order valence-corrected chi connectivity index (χ0v) is 23.0. The number of ether oxygens (including phenoxy) is 2. The van der Waals surface area contributed by atoms with Crippen LogP contribution < -0.4 is 20.2 Å². The molecule has 39 heavy (non-hydrogen) atoms. The van der Waals surface area contributed by atoms with Crippen LogP contribution in [0.25, 0.3) is 0 Å². The lowest BCUT2D eigenvalue weighted by atomic mass is 10.2. The van der Waals surface area contributed by atoms with Crippen LogP contribution in [0, 0.1) is 0 Å². The van der Waals surface area contributed by atoms with Gasteiger partial charge in [0.2, 0.25) is 11.8 Å². The van der Waals surface area contributed by atoms with Crippen molar-refractivity contribution >= 4 is 51.2 Å². The molecule has 3 aromatic rings. The molecule has 0 spiro atoms. The third-order valence-electron chi connectivity index (χ3n) is 5.12. The van der Waals surface area contributed by atoms with Crippen molar-refractivity contribution in [3.8, 4) is 11.5 Å². The van der Waals surface area contributed by atoms with E-state index in [0.717, 1.165) is 17.7 Å². The van der Waals surface area contributed by atoms with E-state index >= 15 is 0 Å². The van der Waals surface area contributed by atoms with E-state index < -0.39 is 23.6 Å². The minimum absolute atomic E-state index is 0.0109. The summed E-state index contributed by atoms with van der Waals surface area (Å²) in [5, 5.41) is 6.84. The van der Waals surface area contributed by atoms with Crippen molar-refractivity contribution in [2.24, 2.45) is 5.10 Å². The second-order valence-electron chi connectivity index (χ2n) is 8.06. The van der Waals surface area contributed by atoms with Crippen LogP contribution >= 0.6 is 27.5 Å². The number of nitrogens with zero attached hydrogens (tertiary/aromatic N) is 1. The molecule has 3 aromatic carbocycles. The normalized spacial score (nSPS) is 11.3. The lowest BCUT2D eigenvalue weighted by molar-refractivity contribution is -0.137. The fourth-order valence-corrected chi connectivity index (χ4v) is 4.05. The molecule has 3 rings (SSSR count). The first-order valence-electron chi connectivity index (χ1n) is 11.7. The number of hydrazone groups is 1. The third kappa shape index (κ3) is 9.29. The summed E-state index contributed by atoms with van der Waals surface area (Å²) in [6.07, 6.45) is -3.59. The number of carbonyl (C=O) groups excluding carboxylic acids is 2. The molecule has 206 valence electrons. The minimum atomic E-state index is -4.53. The molecule has 0 unspecified atom stereocenters. The maximum atomic E-state index is 12.8. The quantitative estimate of drug-likeness (QED) is 0.178. The predicted octanol–water partition coefficient (Wildman–Crippen LogP) is 6.97. The number of halogens is 5. The molecule has 0 atom stereocenters. The highest BCUT2D eigenvalue weighted by Gasteiger charge is 2.30. The number of hydrogen-bond donors (Lipinski definition) is 2. The lowest BCUT2D eigenvalue weighted by Gasteiger charge is -2.15. The maximum Gasteiger partial charge on any atom is 0.416 e. The molecule has 0 aliphatic rings. The summed E-state index contributed by atoms with van der Waals surface area (Å²) >= 11 is 9.67. The number of alkyl halides is 3. The van der Waals surface area contributed by atoms with Gasteiger partial charge in [-0.1, -0.05) is 35.9 Å². The van der Waals surface area contributed by atoms with E-state index in [0.29, 0.717) is 33.2 Å². The van der Waals surface area contributed by atoms with Crippen LogP contribution in [0.15, 0.2) is 70.2 Å². The first kappa shape index (κ1) is 30.0. The minimum Gasteiger partial charge on any atom is -0.490 e. The van der Waals surface area contributed by atoms with Crippen LogP contribution in [0.3, 0.4) is 0 Å². The lowest BCUT2D eigenvalue weighted by Crippen LogP contribution is -2.20. The van der Waals surface area contributed by atoms with Crippen LogP contribution in [0.2, 0.25) is 5.02 Å². The van der Waals surface area contributed by atoms with Crippen LogP contribution in [0.4, 0.5) is 18.9 Å². The number of amides is 2. The zero-order chi connectivity index (χ0) is 28.4. The van der Waals surface area contributed by atoms with Gasteiger partial charge in [0, 0.05) is 29.1 Å². The Balaban J connectivity index is 1.54. The Bertz CT molecular complexity index is 1350. The van der Waals surface area contributed by atoms with Gasteiger partial charge in [-0.15, -0.1) is 0 Å². The average Bonchev–Trinajstić information content (AvgIpc) is 2.88. The summed E-state index contributed by atoms with van der Waals surface area (Å²) in [4.78, 5) is 24.2. The molecular formula is C27H24BrClF3N3O4. The second-order valence-corrected chi connectivity index (χ2v) is 9.32. The van der Waals surface area contributed by atoms with Gasteiger partial charge in [-0.05, 0) is 64.8 Å². The summed E-state index contributed by atoms with van der Waals surface area (Å²) in [6.45, 7) is 2.44. The van der Waals surface area contributed by atoms with E-state index in [4.69, 9.17) is 21.1 Å². The van der Waals surface area contributed by atoms with E-state index in [-0.39, 0.29) is 25.1 Å². The van der Waals surface area contributed by atoms with Gasteiger partial charge in [-0.2, -0.15) is 18.3 Å². The topological polar surface area (TPSA) is 89.0 Å². The van der Waals surface area contributed by atoms with Gasteiger partial charge in [0.15, 0.2) is 11.5 Å². The highest BCUT2D eigenvalue weighted by Crippen LogP contribution is 2.37. The van der Waals surface area contributed by atoms with Gasteiger partial charge >= 0.3 is 6.18 Å². The molecule has 7 nitrogen and oxygen atoms in total. The first-order chi connectivity index (χ1) is 18.6. The molecule has 12 heteroatoms. The smallest absolute Gasteiger partial charge is 0.416 e. The number of carbonyl (C=O) groups is 2. The van der Waals surface area contributed by atoms with E-state index in [1.165, 1.54) is 18.3 Å². The molecule has 0 bridgehead atoms. The fourth-order valence-electron chi connectivity index (χ4n) is 3.29. The summed E-state index contributed by atoms with van der Waals surface area (Å²) in [5.74, 6) is -0.219. The molecule has 0 fully saturated rings. The van der Waals surface area contributed by atoms with Gasteiger partial charge in [0.1, 0.15) is 6.61 Å². The summed E-state index contributed by atoms with van der Waals surface area (Å²) in [7, 11) is 0. The maximum absolute atomic E-state index is 12.8. The van der Waals surface area contributed by atoms with Gasteiger partial charge in [0.05, 0.1) is 22.9 Å². The van der Waals surface area contributed by atoms with E-state index in [2.05, 4.69) is 31.8 Å². The van der Waals surface area contributed by atoms with Crippen LogP contribution in [0.5, 0.6) is 11.5 Å². The van der Waals surface area contributed by atoms with E-state index in [1.54, 1.807) is 18.2 Å². The fraction of sp³-hybridized carbons (Fsp3) is 0.222. The van der Waals surface area contributed by atoms with Gasteiger partial charge < -0.3 is 14.8 Å². The Morgan fingerprint density at radius 3 is 2.49 bits per heavy atom. The van der Waals surface area contributed by atoms with E-state index in [9.17, 15) is 22.8 Å². The number of benzene rings is 3. The van der Waals surface area contributed by atoms with Gasteiger partial charge in [-0.3, -0.25) is 9.59 Å². The van der Waals surface area contributed by atoms with Gasteiger partial charge in [0.25, 0.3) is 0 Å². The molecule has 0 aliphatic heterocycles. The summed E-state index contributed by atoms with van der Waals surface area (Å²) in [6, 6.07) is 15.0. The Morgan fingerprint density at radius 1 is 1.03 bits per heavy atom. The Kier molecular flexibility index (Phi) is 10.8. The number of rotatable bonds is 11. The first-order valence-corrected chi connectivity index (χ1v) is 12.9. The Hall–Kier alpha value is -3.57. The standard InChI is InChI=1S/C27H24BrClF3N3O4/c1-2-38-23-13-17(12-21(28)26(23)39-16-18-6-3-4-9-22(18)29)15-33-35-25(37)11-10-24(36)34-20-8-5-7-19(14-20)27(30,31)32/h3-9,12-15H,2,10-11,16H2,1H3,(H,34,36)(H,35,37). The van der Waals surface area contributed by atoms with Crippen LogP contribution in [0.1, 0.15) is 36.5 Å². The highest BCUT2D eigenvalue weighted by molar-refractivity contribution is 9.10. The van der Waals surface area contributed by atoms with E-state index in [1.807, 2.05) is 25.1 Å². The Morgan fingerprint density at radius 2 is 1.77 bits per heavy atom. The number of anilines is 1. The Labute approximate surface area is 236 Å². The SMILES string of the molecule is CCOc1cc(C=NNC(=O)CCC(=O)Nc2cccc(C(F)(F)F)c2)cc(Br)c1OCc1ccccc1Cl.